The van der Waals surface area contributed by atoms with Gasteiger partial charge in [-0.1, -0.05) is 15.9 Å². The summed E-state index contributed by atoms with van der Waals surface area (Å²) < 4.78 is 5.75. The van der Waals surface area contributed by atoms with Crippen LogP contribution in [0.2, 0.25) is 0 Å². The van der Waals surface area contributed by atoms with Gasteiger partial charge in [0.1, 0.15) is 5.69 Å². The third-order valence-electron chi connectivity index (χ3n) is 3.15. The molecule has 1 heterocycles. The van der Waals surface area contributed by atoms with Gasteiger partial charge in [0.05, 0.1) is 17.1 Å². The summed E-state index contributed by atoms with van der Waals surface area (Å²) in [4.78, 5) is 22.5. The summed E-state index contributed by atoms with van der Waals surface area (Å²) in [7, 11) is 1.59. The second kappa shape index (κ2) is 6.29. The first-order valence-electron chi connectivity index (χ1n) is 6.02. The van der Waals surface area contributed by atoms with E-state index in [9.17, 15) is 14.9 Å². The minimum atomic E-state index is -0.527. The van der Waals surface area contributed by atoms with Gasteiger partial charge in [-0.3, -0.25) is 14.9 Å². The van der Waals surface area contributed by atoms with Crippen molar-refractivity contribution < 1.29 is 14.5 Å². The van der Waals surface area contributed by atoms with E-state index in [1.54, 1.807) is 13.2 Å². The average Bonchev–Trinajstić information content (AvgIpc) is 2.89. The fourth-order valence-corrected chi connectivity index (χ4v) is 2.41. The lowest BCUT2D eigenvalue weighted by atomic mass is 10.2. The van der Waals surface area contributed by atoms with E-state index in [4.69, 9.17) is 4.74 Å². The Morgan fingerprint density at radius 1 is 1.60 bits per heavy atom. The number of halogens is 1. The molecule has 20 heavy (non-hydrogen) atoms. The summed E-state index contributed by atoms with van der Waals surface area (Å²) in [5.41, 5.74) is 0.0416. The van der Waals surface area contributed by atoms with Crippen molar-refractivity contribution in [1.82, 2.24) is 5.32 Å². The second-order valence-corrected chi connectivity index (χ2v) is 5.38. The number of rotatable bonds is 4. The third-order valence-corrected chi connectivity index (χ3v) is 3.65. The molecule has 2 N–H and O–H groups in total. The van der Waals surface area contributed by atoms with Crippen molar-refractivity contribution in [2.45, 2.75) is 18.6 Å². The number of nitro benzene ring substituents is 1. The maximum atomic E-state index is 12.1. The molecule has 0 aliphatic carbocycles. The number of amides is 1. The molecule has 1 saturated heterocycles. The van der Waals surface area contributed by atoms with Gasteiger partial charge in [-0.2, -0.15) is 0 Å². The maximum absolute atomic E-state index is 12.1. The van der Waals surface area contributed by atoms with Crippen molar-refractivity contribution in [2.75, 3.05) is 19.0 Å². The Kier molecular flexibility index (Phi) is 4.69. The van der Waals surface area contributed by atoms with Gasteiger partial charge < -0.3 is 15.4 Å². The number of carbonyl (C=O) groups excluding carboxylic acids is 1. The SMILES string of the molecule is COC1CNC(C(=O)Nc2ccc(Br)cc2[N+](=O)[O-])C1. The summed E-state index contributed by atoms with van der Waals surface area (Å²) in [5.74, 6) is -0.296. The number of hydrogen-bond acceptors (Lipinski definition) is 5. The lowest BCUT2D eigenvalue weighted by molar-refractivity contribution is -0.384. The maximum Gasteiger partial charge on any atom is 0.293 e. The van der Waals surface area contributed by atoms with Crippen LogP contribution in [0, 0.1) is 10.1 Å². The highest BCUT2D eigenvalue weighted by atomic mass is 79.9. The number of carbonyl (C=O) groups is 1. The summed E-state index contributed by atoms with van der Waals surface area (Å²) in [6.07, 6.45) is 0.540. The Labute approximate surface area is 124 Å². The number of nitro groups is 1. The average molecular weight is 344 g/mol. The van der Waals surface area contributed by atoms with E-state index in [1.165, 1.54) is 12.1 Å². The molecule has 1 aliphatic heterocycles. The van der Waals surface area contributed by atoms with Gasteiger partial charge in [0.2, 0.25) is 5.91 Å². The van der Waals surface area contributed by atoms with E-state index in [1.807, 2.05) is 0 Å². The van der Waals surface area contributed by atoms with E-state index in [0.29, 0.717) is 17.4 Å². The highest BCUT2D eigenvalue weighted by Gasteiger charge is 2.30. The Balaban J connectivity index is 2.10. The predicted octanol–water partition coefficient (Wildman–Crippen LogP) is 1.67. The van der Waals surface area contributed by atoms with Crippen LogP contribution in [-0.4, -0.2) is 36.6 Å². The standard InChI is InChI=1S/C12H14BrN3O4/c1-20-8-5-10(14-6-8)12(17)15-9-3-2-7(13)4-11(9)16(18)19/h2-4,8,10,14H,5-6H2,1H3,(H,15,17). The minimum Gasteiger partial charge on any atom is -0.380 e. The zero-order valence-electron chi connectivity index (χ0n) is 10.8. The quantitative estimate of drug-likeness (QED) is 0.640. The molecular weight excluding hydrogens is 330 g/mol. The Morgan fingerprint density at radius 2 is 2.35 bits per heavy atom. The van der Waals surface area contributed by atoms with Crippen molar-refractivity contribution in [3.8, 4) is 0 Å². The van der Waals surface area contributed by atoms with Crippen LogP contribution in [0.3, 0.4) is 0 Å². The van der Waals surface area contributed by atoms with Crippen molar-refractivity contribution in [2.24, 2.45) is 0 Å². The van der Waals surface area contributed by atoms with Gasteiger partial charge in [0.25, 0.3) is 5.69 Å². The zero-order valence-corrected chi connectivity index (χ0v) is 12.3. The van der Waals surface area contributed by atoms with Gasteiger partial charge in [0.15, 0.2) is 0 Å². The van der Waals surface area contributed by atoms with Crippen LogP contribution >= 0.6 is 15.9 Å². The second-order valence-electron chi connectivity index (χ2n) is 4.46. The lowest BCUT2D eigenvalue weighted by Gasteiger charge is -2.11. The molecule has 1 aliphatic rings. The number of nitrogens with zero attached hydrogens (tertiary/aromatic N) is 1. The van der Waals surface area contributed by atoms with Crippen molar-refractivity contribution in [1.29, 1.82) is 0 Å². The lowest BCUT2D eigenvalue weighted by Crippen LogP contribution is -2.35. The molecule has 1 fully saturated rings. The molecule has 108 valence electrons. The van der Waals surface area contributed by atoms with Gasteiger partial charge in [-0.05, 0) is 18.6 Å². The molecule has 1 aromatic rings. The Bertz CT molecular complexity index is 537. The monoisotopic (exact) mass is 343 g/mol. The molecule has 7 nitrogen and oxygen atoms in total. The molecule has 1 aromatic carbocycles. The molecule has 0 spiro atoms. The van der Waals surface area contributed by atoms with Gasteiger partial charge in [-0.25, -0.2) is 0 Å². The molecule has 2 atom stereocenters. The first-order valence-corrected chi connectivity index (χ1v) is 6.81. The van der Waals surface area contributed by atoms with Crippen LogP contribution < -0.4 is 10.6 Å². The first-order chi connectivity index (χ1) is 9.51. The molecular formula is C12H14BrN3O4. The number of methoxy groups -OCH3 is 1. The molecule has 0 radical (unpaired) electrons. The van der Waals surface area contributed by atoms with Gasteiger partial charge >= 0.3 is 0 Å². The van der Waals surface area contributed by atoms with E-state index in [-0.39, 0.29) is 23.4 Å². The fraction of sp³-hybridized carbons (Fsp3) is 0.417. The molecule has 1 amide bonds. The number of ether oxygens (including phenoxy) is 1. The number of benzene rings is 1. The van der Waals surface area contributed by atoms with E-state index in [0.717, 1.165) is 0 Å². The largest absolute Gasteiger partial charge is 0.380 e. The first kappa shape index (κ1) is 14.9. The summed E-state index contributed by atoms with van der Waals surface area (Å²) in [6, 6.07) is 4.10. The Morgan fingerprint density at radius 3 is 2.95 bits per heavy atom. The normalized spacial score (nSPS) is 21.7. The summed E-state index contributed by atoms with van der Waals surface area (Å²) >= 11 is 3.17. The van der Waals surface area contributed by atoms with Crippen LogP contribution in [0.1, 0.15) is 6.42 Å². The molecule has 0 aromatic heterocycles. The van der Waals surface area contributed by atoms with Crippen LogP contribution in [0.25, 0.3) is 0 Å². The third kappa shape index (κ3) is 3.33. The van der Waals surface area contributed by atoms with Crippen molar-refractivity contribution >= 4 is 33.2 Å². The minimum absolute atomic E-state index is 0.00865. The summed E-state index contributed by atoms with van der Waals surface area (Å²) in [6.45, 7) is 0.594. The molecule has 2 unspecified atom stereocenters. The van der Waals surface area contributed by atoms with Crippen LogP contribution in [0.15, 0.2) is 22.7 Å². The smallest absolute Gasteiger partial charge is 0.293 e. The molecule has 0 saturated carbocycles. The molecule has 8 heteroatoms. The van der Waals surface area contributed by atoms with Crippen LogP contribution in [0.4, 0.5) is 11.4 Å². The van der Waals surface area contributed by atoms with E-state index < -0.39 is 11.0 Å². The van der Waals surface area contributed by atoms with Crippen molar-refractivity contribution in [3.63, 3.8) is 0 Å². The fourth-order valence-electron chi connectivity index (χ4n) is 2.06. The molecule has 0 bridgehead atoms. The Hall–Kier alpha value is -1.51. The predicted molar refractivity (Wildman–Crippen MR) is 76.6 cm³/mol. The highest BCUT2D eigenvalue weighted by Crippen LogP contribution is 2.28. The number of nitrogens with one attached hydrogen (secondary N) is 2. The molecule has 2 rings (SSSR count). The zero-order chi connectivity index (χ0) is 14.7. The summed E-state index contributed by atoms with van der Waals surface area (Å²) in [5, 5.41) is 16.6. The van der Waals surface area contributed by atoms with Gasteiger partial charge in [0, 0.05) is 24.2 Å². The van der Waals surface area contributed by atoms with E-state index in [2.05, 4.69) is 26.6 Å². The van der Waals surface area contributed by atoms with Crippen LogP contribution in [0.5, 0.6) is 0 Å². The topological polar surface area (TPSA) is 93.5 Å². The van der Waals surface area contributed by atoms with Crippen LogP contribution in [-0.2, 0) is 9.53 Å². The van der Waals surface area contributed by atoms with Gasteiger partial charge in [-0.15, -0.1) is 0 Å². The highest BCUT2D eigenvalue weighted by molar-refractivity contribution is 9.10. The number of anilines is 1. The van der Waals surface area contributed by atoms with E-state index >= 15 is 0 Å². The van der Waals surface area contributed by atoms with Crippen molar-refractivity contribution in [3.05, 3.63) is 32.8 Å². The number of hydrogen-bond donors (Lipinski definition) is 2.